The number of nitrogens with zero attached hydrogens (tertiary/aromatic N) is 6. The number of allylic oxidation sites excluding steroid dienone is 1. The summed E-state index contributed by atoms with van der Waals surface area (Å²) >= 11 is 0. The van der Waals surface area contributed by atoms with Gasteiger partial charge in [0.2, 0.25) is 11.9 Å². The van der Waals surface area contributed by atoms with Crippen molar-refractivity contribution < 1.29 is 13.9 Å². The minimum atomic E-state index is -0.715. The zero-order valence-corrected chi connectivity index (χ0v) is 16.9. The van der Waals surface area contributed by atoms with Crippen LogP contribution in [0.3, 0.4) is 0 Å². The van der Waals surface area contributed by atoms with E-state index in [1.165, 1.54) is 25.6 Å². The third-order valence-electron chi connectivity index (χ3n) is 4.20. The Labute approximate surface area is 173 Å². The summed E-state index contributed by atoms with van der Waals surface area (Å²) < 4.78 is 24.8. The van der Waals surface area contributed by atoms with Gasteiger partial charge in [-0.3, -0.25) is 0 Å². The van der Waals surface area contributed by atoms with Crippen LogP contribution in [0.1, 0.15) is 19.7 Å². The van der Waals surface area contributed by atoms with Crippen LogP contribution in [0, 0.1) is 11.4 Å². The Balaban J connectivity index is 1.86. The molecule has 0 spiro atoms. The third-order valence-corrected chi connectivity index (χ3v) is 4.20. The van der Waals surface area contributed by atoms with Crippen LogP contribution in [0.15, 0.2) is 29.5 Å². The second-order valence-electron chi connectivity index (χ2n) is 6.74. The molecule has 158 valence electrons. The Kier molecular flexibility index (Phi) is 6.62. The molecule has 0 bridgehead atoms. The van der Waals surface area contributed by atoms with Gasteiger partial charge in [0.05, 0.1) is 31.7 Å². The standard InChI is InChI=1S/C19H23FN8O2/c1-11-9-28(10-12(2)30-11)19-25-15(20)5-17(27-19)26-16(22)4-13(6-21)18-23-7-14(29-3)8-24-18/h4-8,11-12,21H,9-10H2,1-3H3,(H2,22,25,26,27)/b13-4+,21-6?/t11-,12+. The molecule has 11 heteroatoms. The maximum atomic E-state index is 14.1. The van der Waals surface area contributed by atoms with E-state index in [4.69, 9.17) is 20.6 Å². The van der Waals surface area contributed by atoms with Gasteiger partial charge in [-0.2, -0.15) is 14.4 Å². The van der Waals surface area contributed by atoms with Crippen molar-refractivity contribution in [1.82, 2.24) is 19.9 Å². The highest BCUT2D eigenvalue weighted by Gasteiger charge is 2.24. The molecule has 30 heavy (non-hydrogen) atoms. The van der Waals surface area contributed by atoms with Crippen LogP contribution < -0.4 is 15.4 Å². The first-order valence-electron chi connectivity index (χ1n) is 9.25. The summed E-state index contributed by atoms with van der Waals surface area (Å²) in [4.78, 5) is 22.4. The first-order chi connectivity index (χ1) is 14.4. The fraction of sp³-hybridized carbons (Fsp3) is 0.368. The molecule has 0 amide bonds. The van der Waals surface area contributed by atoms with E-state index >= 15 is 0 Å². The van der Waals surface area contributed by atoms with Crippen molar-refractivity contribution in [2.75, 3.05) is 25.1 Å². The molecule has 2 aromatic rings. The van der Waals surface area contributed by atoms with Gasteiger partial charge in [0, 0.05) is 30.9 Å². The van der Waals surface area contributed by atoms with Gasteiger partial charge in [0.25, 0.3) is 0 Å². The maximum absolute atomic E-state index is 14.1. The van der Waals surface area contributed by atoms with E-state index in [1.54, 1.807) is 0 Å². The number of hydrogen-bond acceptors (Lipinski definition) is 9. The van der Waals surface area contributed by atoms with Crippen molar-refractivity contribution in [2.24, 2.45) is 10.7 Å². The predicted molar refractivity (Wildman–Crippen MR) is 111 cm³/mol. The third kappa shape index (κ3) is 5.32. The second-order valence-corrected chi connectivity index (χ2v) is 6.74. The number of hydrogen-bond donors (Lipinski definition) is 2. The molecule has 3 heterocycles. The number of ether oxygens (including phenoxy) is 2. The molecule has 2 aromatic heterocycles. The fourth-order valence-electron chi connectivity index (χ4n) is 3.00. The van der Waals surface area contributed by atoms with Crippen molar-refractivity contribution in [3.63, 3.8) is 0 Å². The molecule has 0 aliphatic carbocycles. The maximum Gasteiger partial charge on any atom is 0.230 e. The molecule has 0 radical (unpaired) electrons. The van der Waals surface area contributed by atoms with E-state index in [2.05, 4.69) is 24.9 Å². The van der Waals surface area contributed by atoms with Crippen molar-refractivity contribution in [1.29, 1.82) is 5.41 Å². The molecule has 1 fully saturated rings. The highest BCUT2D eigenvalue weighted by molar-refractivity contribution is 6.14. The highest BCUT2D eigenvalue weighted by Crippen LogP contribution is 2.20. The molecular weight excluding hydrogens is 391 g/mol. The van der Waals surface area contributed by atoms with Crippen molar-refractivity contribution in [3.8, 4) is 5.75 Å². The molecular formula is C19H23FN8O2. The molecule has 1 saturated heterocycles. The molecule has 0 unspecified atom stereocenters. The number of nitrogens with one attached hydrogen (secondary N) is 1. The molecule has 10 nitrogen and oxygen atoms in total. The van der Waals surface area contributed by atoms with Gasteiger partial charge in [-0.15, -0.1) is 0 Å². The Morgan fingerprint density at radius 1 is 1.30 bits per heavy atom. The molecule has 2 atom stereocenters. The monoisotopic (exact) mass is 414 g/mol. The van der Waals surface area contributed by atoms with E-state index in [-0.39, 0.29) is 35.6 Å². The Morgan fingerprint density at radius 3 is 2.57 bits per heavy atom. The lowest BCUT2D eigenvalue weighted by Gasteiger charge is -2.35. The average molecular weight is 414 g/mol. The average Bonchev–Trinajstić information content (AvgIpc) is 2.71. The van der Waals surface area contributed by atoms with Crippen molar-refractivity contribution in [3.05, 3.63) is 36.3 Å². The minimum Gasteiger partial charge on any atom is -0.494 e. The van der Waals surface area contributed by atoms with Crippen LogP contribution >= 0.6 is 0 Å². The lowest BCUT2D eigenvalue weighted by atomic mass is 10.2. The Bertz CT molecular complexity index is 954. The molecule has 3 rings (SSSR count). The number of halogens is 1. The normalized spacial score (nSPS) is 20.2. The van der Waals surface area contributed by atoms with Gasteiger partial charge in [0.15, 0.2) is 17.4 Å². The van der Waals surface area contributed by atoms with E-state index in [9.17, 15) is 4.39 Å². The lowest BCUT2D eigenvalue weighted by molar-refractivity contribution is -0.00576. The van der Waals surface area contributed by atoms with E-state index in [0.717, 1.165) is 12.3 Å². The van der Waals surface area contributed by atoms with Crippen LogP contribution in [0.2, 0.25) is 0 Å². The van der Waals surface area contributed by atoms with Crippen molar-refractivity contribution in [2.45, 2.75) is 26.1 Å². The number of morpholine rings is 1. The van der Waals surface area contributed by atoms with Crippen LogP contribution in [-0.2, 0) is 4.74 Å². The van der Waals surface area contributed by atoms with E-state index in [1.807, 2.05) is 18.7 Å². The van der Waals surface area contributed by atoms with Gasteiger partial charge in [-0.1, -0.05) is 0 Å². The Hall–Kier alpha value is -3.47. The fourth-order valence-corrected chi connectivity index (χ4v) is 3.00. The zero-order valence-electron chi connectivity index (χ0n) is 16.9. The smallest absolute Gasteiger partial charge is 0.230 e. The van der Waals surface area contributed by atoms with Crippen LogP contribution in [0.5, 0.6) is 5.75 Å². The lowest BCUT2D eigenvalue weighted by Crippen LogP contribution is -2.46. The summed E-state index contributed by atoms with van der Waals surface area (Å²) in [5, 5.41) is 7.59. The van der Waals surface area contributed by atoms with Gasteiger partial charge in [0.1, 0.15) is 5.84 Å². The molecule has 0 saturated carbocycles. The number of anilines is 1. The summed E-state index contributed by atoms with van der Waals surface area (Å²) in [6.07, 6.45) is 5.35. The number of amidine groups is 1. The van der Waals surface area contributed by atoms with Crippen LogP contribution in [0.4, 0.5) is 16.2 Å². The minimum absolute atomic E-state index is 0.0145. The van der Waals surface area contributed by atoms with Gasteiger partial charge in [-0.05, 0) is 19.9 Å². The highest BCUT2D eigenvalue weighted by atomic mass is 19.1. The number of aromatic nitrogens is 4. The van der Waals surface area contributed by atoms with Gasteiger partial charge in [-0.25, -0.2) is 15.0 Å². The number of methoxy groups -OCH3 is 1. The first-order valence-corrected chi connectivity index (χ1v) is 9.25. The van der Waals surface area contributed by atoms with Crippen LogP contribution in [0.25, 0.3) is 5.57 Å². The molecule has 3 N–H and O–H groups in total. The van der Waals surface area contributed by atoms with Gasteiger partial charge >= 0.3 is 0 Å². The van der Waals surface area contributed by atoms with Crippen molar-refractivity contribution >= 4 is 29.4 Å². The SMILES string of the molecule is COc1cnc(/C(C=N)=C/C(N)=N/c2cc(F)nc(N3C[C@@H](C)O[C@@H](C)C3)n2)nc1. The van der Waals surface area contributed by atoms with Gasteiger partial charge < -0.3 is 25.5 Å². The molecule has 1 aliphatic heterocycles. The largest absolute Gasteiger partial charge is 0.494 e. The number of aliphatic imine (C=N–C) groups is 1. The Morgan fingerprint density at radius 2 is 1.97 bits per heavy atom. The van der Waals surface area contributed by atoms with E-state index in [0.29, 0.717) is 24.4 Å². The van der Waals surface area contributed by atoms with E-state index < -0.39 is 5.95 Å². The summed E-state index contributed by atoms with van der Waals surface area (Å²) in [7, 11) is 1.50. The second kappa shape index (κ2) is 9.35. The summed E-state index contributed by atoms with van der Waals surface area (Å²) in [5.41, 5.74) is 6.30. The summed E-state index contributed by atoms with van der Waals surface area (Å²) in [5.74, 6) is 0.348. The number of rotatable bonds is 6. The first kappa shape index (κ1) is 21.2. The molecule has 1 aliphatic rings. The number of nitrogens with two attached hydrogens (primary N) is 1. The topological polar surface area (TPSA) is 135 Å². The summed E-state index contributed by atoms with van der Waals surface area (Å²) in [6, 6.07) is 1.09. The summed E-state index contributed by atoms with van der Waals surface area (Å²) in [6.45, 7) is 4.95. The quantitative estimate of drug-likeness (QED) is 0.415. The zero-order chi connectivity index (χ0) is 21.7. The molecule has 0 aromatic carbocycles. The van der Waals surface area contributed by atoms with Crippen LogP contribution in [-0.4, -0.2) is 64.4 Å². The predicted octanol–water partition coefficient (Wildman–Crippen LogP) is 1.75.